The van der Waals surface area contributed by atoms with E-state index in [2.05, 4.69) is 25.6 Å². The van der Waals surface area contributed by atoms with Gasteiger partial charge in [0.25, 0.3) is 11.8 Å². The van der Waals surface area contributed by atoms with Gasteiger partial charge in [0.2, 0.25) is 0 Å². The van der Waals surface area contributed by atoms with Crippen molar-refractivity contribution in [3.63, 3.8) is 0 Å². The lowest BCUT2D eigenvalue weighted by Gasteiger charge is -2.26. The zero-order chi connectivity index (χ0) is 27.9. The first-order valence-electron chi connectivity index (χ1n) is 12.2. The third-order valence-corrected chi connectivity index (χ3v) is 6.11. The van der Waals surface area contributed by atoms with E-state index in [-0.39, 0.29) is 23.7 Å². The number of benzene rings is 2. The number of aromatic nitrogens is 2. The molecule has 1 aromatic heterocycles. The van der Waals surface area contributed by atoms with Gasteiger partial charge in [-0.05, 0) is 60.9 Å². The Morgan fingerprint density at radius 2 is 1.64 bits per heavy atom. The molecular formula is C27H30N10O2. The molecule has 0 fully saturated rings. The highest BCUT2D eigenvalue weighted by Crippen LogP contribution is 2.23. The van der Waals surface area contributed by atoms with E-state index in [4.69, 9.17) is 22.6 Å². The van der Waals surface area contributed by atoms with Gasteiger partial charge >= 0.3 is 0 Å². The molecule has 9 N–H and O–H groups in total. The van der Waals surface area contributed by atoms with Crippen molar-refractivity contribution < 1.29 is 9.59 Å². The molecule has 39 heavy (non-hydrogen) atoms. The van der Waals surface area contributed by atoms with Gasteiger partial charge in [-0.15, -0.1) is 0 Å². The molecule has 1 aliphatic rings. The zero-order valence-electron chi connectivity index (χ0n) is 21.4. The van der Waals surface area contributed by atoms with E-state index in [0.717, 1.165) is 16.8 Å². The van der Waals surface area contributed by atoms with Crippen LogP contribution in [0, 0.1) is 12.3 Å². The van der Waals surface area contributed by atoms with Crippen LogP contribution in [0.15, 0.2) is 65.8 Å². The summed E-state index contributed by atoms with van der Waals surface area (Å²) in [5, 5.41) is 13.1. The number of aliphatic imine (C=N–C) groups is 1. The number of nitrogens with one attached hydrogen (secondary N) is 3. The molecule has 0 unspecified atom stereocenters. The maximum Gasteiger partial charge on any atom is 0.256 e. The van der Waals surface area contributed by atoms with Crippen LogP contribution < -0.4 is 27.8 Å². The fourth-order valence-corrected chi connectivity index (χ4v) is 4.00. The molecule has 2 heterocycles. The van der Waals surface area contributed by atoms with E-state index in [1.54, 1.807) is 41.3 Å². The topological polar surface area (TPSA) is 201 Å². The minimum absolute atomic E-state index is 0.0159. The standard InChI is InChI=1S/C27H30N10O2/c1-16-23(18-10-12-37(13-11-18)27(30)31)32-15-22(34-16)36-25(39)20-6-4-19(5-7-20)24(38)35-21-8-2-17(3-9-21)14-33-26(28)29/h2-10,15H,11-14H2,1H3,(H3,30,31)(H,35,38)(H4,28,29,33)(H,34,36,39). The van der Waals surface area contributed by atoms with Gasteiger partial charge < -0.3 is 32.7 Å². The van der Waals surface area contributed by atoms with Crippen molar-refractivity contribution in [2.75, 3.05) is 23.7 Å². The zero-order valence-corrected chi connectivity index (χ0v) is 21.4. The summed E-state index contributed by atoms with van der Waals surface area (Å²) in [6.45, 7) is 3.38. The van der Waals surface area contributed by atoms with E-state index in [0.29, 0.717) is 54.4 Å². The largest absolute Gasteiger partial charge is 0.370 e. The van der Waals surface area contributed by atoms with Crippen LogP contribution in [0.25, 0.3) is 5.57 Å². The van der Waals surface area contributed by atoms with Crippen LogP contribution >= 0.6 is 0 Å². The summed E-state index contributed by atoms with van der Waals surface area (Å²) in [6, 6.07) is 13.5. The number of carbonyl (C=O) groups excluding carboxylic acids is 2. The second-order valence-electron chi connectivity index (χ2n) is 8.92. The summed E-state index contributed by atoms with van der Waals surface area (Å²) < 4.78 is 0. The van der Waals surface area contributed by atoms with Gasteiger partial charge in [0.1, 0.15) is 0 Å². The lowest BCUT2D eigenvalue weighted by Crippen LogP contribution is -2.39. The van der Waals surface area contributed by atoms with Gasteiger partial charge in [-0.1, -0.05) is 18.2 Å². The SMILES string of the molecule is Cc1nc(NC(=O)c2ccc(C(=O)Nc3ccc(CN=C(N)N)cc3)cc2)cnc1C1=CCN(C(=N)N)CC1. The summed E-state index contributed by atoms with van der Waals surface area (Å²) >= 11 is 0. The Balaban J connectivity index is 1.35. The van der Waals surface area contributed by atoms with Crippen molar-refractivity contribution in [1.29, 1.82) is 5.41 Å². The molecule has 2 amide bonds. The van der Waals surface area contributed by atoms with Gasteiger partial charge in [-0.2, -0.15) is 0 Å². The van der Waals surface area contributed by atoms with E-state index < -0.39 is 0 Å². The molecule has 2 aromatic carbocycles. The summed E-state index contributed by atoms with van der Waals surface area (Å²) in [5.74, 6) is -0.282. The van der Waals surface area contributed by atoms with Gasteiger partial charge in [-0.25, -0.2) is 9.98 Å². The summed E-state index contributed by atoms with van der Waals surface area (Å²) in [5.41, 5.74) is 21.0. The van der Waals surface area contributed by atoms with Crippen molar-refractivity contribution in [2.45, 2.75) is 19.9 Å². The maximum atomic E-state index is 12.8. The average molecular weight is 527 g/mol. The lowest BCUT2D eigenvalue weighted by molar-refractivity contribution is 0.101. The van der Waals surface area contributed by atoms with Gasteiger partial charge in [0, 0.05) is 29.9 Å². The van der Waals surface area contributed by atoms with Gasteiger partial charge in [-0.3, -0.25) is 20.0 Å². The van der Waals surface area contributed by atoms with Crippen LogP contribution in [-0.4, -0.2) is 51.7 Å². The molecule has 0 saturated carbocycles. The summed E-state index contributed by atoms with van der Waals surface area (Å²) in [4.78, 5) is 40.1. The van der Waals surface area contributed by atoms with Crippen LogP contribution in [0.4, 0.5) is 11.5 Å². The molecule has 0 atom stereocenters. The second-order valence-corrected chi connectivity index (χ2v) is 8.92. The Kier molecular flexibility index (Phi) is 8.15. The van der Waals surface area contributed by atoms with Crippen LogP contribution in [-0.2, 0) is 6.54 Å². The quantitative estimate of drug-likeness (QED) is 0.198. The van der Waals surface area contributed by atoms with E-state index in [9.17, 15) is 9.59 Å². The normalized spacial score (nSPS) is 12.7. The smallest absolute Gasteiger partial charge is 0.256 e. The van der Waals surface area contributed by atoms with Crippen molar-refractivity contribution in [3.05, 3.63) is 88.9 Å². The number of amides is 2. The van der Waals surface area contributed by atoms with E-state index >= 15 is 0 Å². The first kappa shape index (κ1) is 26.8. The number of aryl methyl sites for hydroxylation is 1. The predicted molar refractivity (Wildman–Crippen MR) is 151 cm³/mol. The predicted octanol–water partition coefficient (Wildman–Crippen LogP) is 2.05. The van der Waals surface area contributed by atoms with Crippen LogP contribution in [0.1, 0.15) is 44.1 Å². The minimum Gasteiger partial charge on any atom is -0.370 e. The fourth-order valence-electron chi connectivity index (χ4n) is 4.00. The minimum atomic E-state index is -0.367. The molecule has 12 heteroatoms. The molecule has 0 bridgehead atoms. The lowest BCUT2D eigenvalue weighted by atomic mass is 10.0. The first-order chi connectivity index (χ1) is 18.7. The molecular weight excluding hydrogens is 496 g/mol. The van der Waals surface area contributed by atoms with Crippen LogP contribution in [0.2, 0.25) is 0 Å². The molecule has 1 aliphatic heterocycles. The highest BCUT2D eigenvalue weighted by molar-refractivity contribution is 6.07. The third kappa shape index (κ3) is 6.95. The monoisotopic (exact) mass is 526 g/mol. The highest BCUT2D eigenvalue weighted by Gasteiger charge is 2.17. The van der Waals surface area contributed by atoms with E-state index in [1.165, 1.54) is 6.20 Å². The van der Waals surface area contributed by atoms with Crippen molar-refractivity contribution in [1.82, 2.24) is 14.9 Å². The van der Waals surface area contributed by atoms with Crippen LogP contribution in [0.5, 0.6) is 0 Å². The molecule has 0 spiro atoms. The number of guanidine groups is 2. The summed E-state index contributed by atoms with van der Waals surface area (Å²) in [7, 11) is 0. The summed E-state index contributed by atoms with van der Waals surface area (Å²) in [6.07, 6.45) is 4.20. The molecule has 3 aromatic rings. The van der Waals surface area contributed by atoms with Gasteiger partial charge in [0.15, 0.2) is 17.7 Å². The molecule has 12 nitrogen and oxygen atoms in total. The number of nitrogens with zero attached hydrogens (tertiary/aromatic N) is 4. The number of hydrogen-bond acceptors (Lipinski definition) is 6. The Hall–Kier alpha value is -5.26. The number of carbonyl (C=O) groups is 2. The van der Waals surface area contributed by atoms with Crippen molar-refractivity contribution in [3.8, 4) is 0 Å². The van der Waals surface area contributed by atoms with Crippen molar-refractivity contribution in [2.24, 2.45) is 22.2 Å². The van der Waals surface area contributed by atoms with Crippen molar-refractivity contribution >= 4 is 40.8 Å². The van der Waals surface area contributed by atoms with E-state index in [1.807, 2.05) is 25.1 Å². The first-order valence-corrected chi connectivity index (χ1v) is 12.2. The molecule has 200 valence electrons. The second kappa shape index (κ2) is 11.9. The Bertz CT molecular complexity index is 1440. The molecule has 0 saturated heterocycles. The van der Waals surface area contributed by atoms with Crippen LogP contribution in [0.3, 0.4) is 0 Å². The average Bonchev–Trinajstić information content (AvgIpc) is 2.93. The number of rotatable bonds is 7. The molecule has 0 aliphatic carbocycles. The molecule has 0 radical (unpaired) electrons. The Morgan fingerprint density at radius 3 is 2.18 bits per heavy atom. The Labute approximate surface area is 225 Å². The number of hydrogen-bond donors (Lipinski definition) is 6. The highest BCUT2D eigenvalue weighted by atomic mass is 16.2. The molecule has 4 rings (SSSR count). The maximum absolute atomic E-state index is 12.8. The number of nitrogens with two attached hydrogens (primary N) is 3. The number of anilines is 2. The van der Waals surface area contributed by atoms with Gasteiger partial charge in [0.05, 0.1) is 24.1 Å². The fraction of sp³-hybridized carbons (Fsp3) is 0.185. The third-order valence-electron chi connectivity index (χ3n) is 6.11. The Morgan fingerprint density at radius 1 is 1.00 bits per heavy atom.